The summed E-state index contributed by atoms with van der Waals surface area (Å²) in [5.74, 6) is 0.726. The van der Waals surface area contributed by atoms with Crippen LogP contribution in [0.2, 0.25) is 0 Å². The standard InChI is InChI=1S/C15H18F2N2OS/c1-10(2)7-18-8-14-19-12(9-21-14)11-5-3-4-6-13(11)20-15(16)17/h3-6,9-10,15,18H,7-8H2,1-2H3. The van der Waals surface area contributed by atoms with E-state index in [-0.39, 0.29) is 5.75 Å². The first-order valence-electron chi connectivity index (χ1n) is 6.75. The number of nitrogens with zero attached hydrogens (tertiary/aromatic N) is 1. The Bertz CT molecular complexity index is 572. The number of hydrogen-bond acceptors (Lipinski definition) is 4. The number of aromatic nitrogens is 1. The number of rotatable bonds is 7. The zero-order valence-electron chi connectivity index (χ0n) is 12.0. The van der Waals surface area contributed by atoms with Crippen molar-refractivity contribution in [3.05, 3.63) is 34.7 Å². The molecule has 1 heterocycles. The van der Waals surface area contributed by atoms with Crippen LogP contribution in [0.3, 0.4) is 0 Å². The molecule has 114 valence electrons. The third kappa shape index (κ3) is 4.75. The molecular formula is C15H18F2N2OS. The lowest BCUT2D eigenvalue weighted by molar-refractivity contribution is -0.0494. The van der Waals surface area contributed by atoms with Gasteiger partial charge in [-0.15, -0.1) is 11.3 Å². The maximum absolute atomic E-state index is 12.4. The third-order valence-electron chi connectivity index (χ3n) is 2.76. The predicted octanol–water partition coefficient (Wildman–Crippen LogP) is 4.16. The van der Waals surface area contributed by atoms with Crippen molar-refractivity contribution in [3.63, 3.8) is 0 Å². The monoisotopic (exact) mass is 312 g/mol. The van der Waals surface area contributed by atoms with E-state index in [0.717, 1.165) is 11.6 Å². The number of halogens is 2. The summed E-state index contributed by atoms with van der Waals surface area (Å²) in [5, 5.41) is 6.10. The van der Waals surface area contributed by atoms with Gasteiger partial charge in [0.05, 0.1) is 5.69 Å². The van der Waals surface area contributed by atoms with E-state index in [9.17, 15) is 8.78 Å². The summed E-state index contributed by atoms with van der Waals surface area (Å²) in [6.07, 6.45) is 0. The second kappa shape index (κ2) is 7.47. The molecule has 0 aliphatic carbocycles. The lowest BCUT2D eigenvalue weighted by Gasteiger charge is -2.08. The average Bonchev–Trinajstić information content (AvgIpc) is 2.87. The maximum atomic E-state index is 12.4. The molecular weight excluding hydrogens is 294 g/mol. The van der Waals surface area contributed by atoms with Crippen molar-refractivity contribution in [2.24, 2.45) is 5.92 Å². The summed E-state index contributed by atoms with van der Waals surface area (Å²) < 4.78 is 29.4. The summed E-state index contributed by atoms with van der Waals surface area (Å²) in [6, 6.07) is 6.71. The summed E-state index contributed by atoms with van der Waals surface area (Å²) in [6.45, 7) is 3.04. The highest BCUT2D eigenvalue weighted by molar-refractivity contribution is 7.09. The molecule has 0 aliphatic rings. The molecule has 2 aromatic rings. The predicted molar refractivity (Wildman–Crippen MR) is 80.7 cm³/mol. The van der Waals surface area contributed by atoms with E-state index in [0.29, 0.717) is 23.7 Å². The summed E-state index contributed by atoms with van der Waals surface area (Å²) in [4.78, 5) is 4.48. The van der Waals surface area contributed by atoms with E-state index in [1.165, 1.54) is 17.4 Å². The van der Waals surface area contributed by atoms with Crippen LogP contribution in [0.1, 0.15) is 18.9 Å². The van der Waals surface area contributed by atoms with Crippen molar-refractivity contribution >= 4 is 11.3 Å². The number of hydrogen-bond donors (Lipinski definition) is 1. The van der Waals surface area contributed by atoms with Crippen LogP contribution >= 0.6 is 11.3 Å². The largest absolute Gasteiger partial charge is 0.434 e. The molecule has 0 atom stereocenters. The Morgan fingerprint density at radius 1 is 1.29 bits per heavy atom. The minimum absolute atomic E-state index is 0.152. The van der Waals surface area contributed by atoms with Crippen molar-refractivity contribution < 1.29 is 13.5 Å². The number of nitrogens with one attached hydrogen (secondary N) is 1. The smallest absolute Gasteiger partial charge is 0.387 e. The van der Waals surface area contributed by atoms with Gasteiger partial charge in [0.25, 0.3) is 0 Å². The third-order valence-corrected chi connectivity index (χ3v) is 3.61. The molecule has 0 radical (unpaired) electrons. The normalized spacial score (nSPS) is 11.3. The second-order valence-corrected chi connectivity index (χ2v) is 5.97. The average molecular weight is 312 g/mol. The van der Waals surface area contributed by atoms with Gasteiger partial charge in [-0.1, -0.05) is 26.0 Å². The van der Waals surface area contributed by atoms with Crippen LogP contribution in [-0.4, -0.2) is 18.1 Å². The Balaban J connectivity index is 2.10. The van der Waals surface area contributed by atoms with Crippen LogP contribution in [0.15, 0.2) is 29.6 Å². The van der Waals surface area contributed by atoms with Gasteiger partial charge in [0.15, 0.2) is 0 Å². The molecule has 21 heavy (non-hydrogen) atoms. The number of alkyl halides is 2. The maximum Gasteiger partial charge on any atom is 0.387 e. The molecule has 1 aromatic heterocycles. The summed E-state index contributed by atoms with van der Waals surface area (Å²) in [7, 11) is 0. The van der Waals surface area contributed by atoms with Crippen molar-refractivity contribution in [3.8, 4) is 17.0 Å². The summed E-state index contributed by atoms with van der Waals surface area (Å²) in [5.41, 5.74) is 1.25. The highest BCUT2D eigenvalue weighted by atomic mass is 32.1. The van der Waals surface area contributed by atoms with E-state index in [4.69, 9.17) is 0 Å². The zero-order valence-corrected chi connectivity index (χ0v) is 12.8. The van der Waals surface area contributed by atoms with Gasteiger partial charge < -0.3 is 10.1 Å². The van der Waals surface area contributed by atoms with Crippen LogP contribution in [0.25, 0.3) is 11.3 Å². The molecule has 1 aromatic carbocycles. The van der Waals surface area contributed by atoms with E-state index in [1.807, 2.05) is 5.38 Å². The van der Waals surface area contributed by atoms with E-state index < -0.39 is 6.61 Å². The van der Waals surface area contributed by atoms with Crippen LogP contribution in [0.5, 0.6) is 5.75 Å². The van der Waals surface area contributed by atoms with E-state index >= 15 is 0 Å². The molecule has 0 bridgehead atoms. The summed E-state index contributed by atoms with van der Waals surface area (Å²) >= 11 is 1.51. The molecule has 0 saturated carbocycles. The minimum atomic E-state index is -2.84. The van der Waals surface area contributed by atoms with Gasteiger partial charge in [-0.25, -0.2) is 4.98 Å². The fourth-order valence-electron chi connectivity index (χ4n) is 1.86. The van der Waals surface area contributed by atoms with Gasteiger partial charge in [-0.2, -0.15) is 8.78 Å². The van der Waals surface area contributed by atoms with Crippen LogP contribution in [0.4, 0.5) is 8.78 Å². The van der Waals surface area contributed by atoms with Gasteiger partial charge in [-0.05, 0) is 24.6 Å². The number of benzene rings is 1. The van der Waals surface area contributed by atoms with Crippen molar-refractivity contribution in [1.82, 2.24) is 10.3 Å². The highest BCUT2D eigenvalue weighted by Crippen LogP contribution is 2.31. The lowest BCUT2D eigenvalue weighted by Crippen LogP contribution is -2.18. The van der Waals surface area contributed by atoms with E-state index in [1.54, 1.807) is 18.2 Å². The van der Waals surface area contributed by atoms with Gasteiger partial charge in [0.1, 0.15) is 10.8 Å². The molecule has 0 amide bonds. The fraction of sp³-hybridized carbons (Fsp3) is 0.400. The van der Waals surface area contributed by atoms with E-state index in [2.05, 4.69) is 28.9 Å². The quantitative estimate of drug-likeness (QED) is 0.833. The number of ether oxygens (including phenoxy) is 1. The molecule has 1 N–H and O–H groups in total. The van der Waals surface area contributed by atoms with Gasteiger partial charge in [0.2, 0.25) is 0 Å². The first-order chi connectivity index (χ1) is 10.1. The minimum Gasteiger partial charge on any atom is -0.434 e. The van der Waals surface area contributed by atoms with Gasteiger partial charge in [-0.3, -0.25) is 0 Å². The highest BCUT2D eigenvalue weighted by Gasteiger charge is 2.13. The Hall–Kier alpha value is -1.53. The first kappa shape index (κ1) is 15.9. The molecule has 0 aliphatic heterocycles. The number of thiazole rings is 1. The Morgan fingerprint density at radius 2 is 2.05 bits per heavy atom. The fourth-order valence-corrected chi connectivity index (χ4v) is 2.62. The molecule has 6 heteroatoms. The van der Waals surface area contributed by atoms with Crippen molar-refractivity contribution in [1.29, 1.82) is 0 Å². The SMILES string of the molecule is CC(C)CNCc1nc(-c2ccccc2OC(F)F)cs1. The van der Waals surface area contributed by atoms with Crippen molar-refractivity contribution in [2.45, 2.75) is 27.0 Å². The zero-order chi connectivity index (χ0) is 15.2. The first-order valence-corrected chi connectivity index (χ1v) is 7.63. The Kier molecular flexibility index (Phi) is 5.64. The Labute approximate surface area is 127 Å². The lowest BCUT2D eigenvalue weighted by atomic mass is 10.1. The van der Waals surface area contributed by atoms with Crippen LogP contribution in [-0.2, 0) is 6.54 Å². The van der Waals surface area contributed by atoms with Crippen LogP contribution < -0.4 is 10.1 Å². The molecule has 3 nitrogen and oxygen atoms in total. The topological polar surface area (TPSA) is 34.2 Å². The molecule has 0 unspecified atom stereocenters. The second-order valence-electron chi connectivity index (χ2n) is 5.03. The molecule has 2 rings (SSSR count). The van der Waals surface area contributed by atoms with Gasteiger partial charge >= 0.3 is 6.61 Å². The Morgan fingerprint density at radius 3 is 2.76 bits per heavy atom. The van der Waals surface area contributed by atoms with Crippen LogP contribution in [0, 0.1) is 5.92 Å². The molecule has 0 spiro atoms. The van der Waals surface area contributed by atoms with Crippen molar-refractivity contribution in [2.75, 3.05) is 6.54 Å². The number of para-hydroxylation sites is 1. The molecule has 0 fully saturated rings. The van der Waals surface area contributed by atoms with Gasteiger partial charge in [0, 0.05) is 17.5 Å². The molecule has 0 saturated heterocycles.